The molecule has 1 aliphatic heterocycles. The van der Waals surface area contributed by atoms with Gasteiger partial charge in [-0.05, 0) is 51.3 Å². The summed E-state index contributed by atoms with van der Waals surface area (Å²) in [7, 11) is 0. The second kappa shape index (κ2) is 10.1. The van der Waals surface area contributed by atoms with Crippen molar-refractivity contribution in [2.75, 3.05) is 0 Å². The molecule has 2 N–H and O–H groups in total. The molecule has 0 radical (unpaired) electrons. The van der Waals surface area contributed by atoms with Gasteiger partial charge in [0.05, 0.1) is 6.54 Å². The Bertz CT molecular complexity index is 1010. The van der Waals surface area contributed by atoms with Gasteiger partial charge < -0.3 is 15.4 Å². The average molecular weight is 452 g/mol. The number of benzene rings is 2. The fraction of sp³-hybridized carbons (Fsp3) is 0.423. The van der Waals surface area contributed by atoms with Crippen molar-refractivity contribution in [1.82, 2.24) is 15.5 Å². The van der Waals surface area contributed by atoms with E-state index >= 15 is 0 Å². The molecule has 2 aromatic carbocycles. The highest BCUT2D eigenvalue weighted by Gasteiger charge is 2.37. The van der Waals surface area contributed by atoms with Crippen LogP contribution in [0, 0.1) is 6.92 Å². The molecule has 3 amide bonds. The van der Waals surface area contributed by atoms with Crippen LogP contribution < -0.4 is 10.6 Å². The number of nitrogens with one attached hydrogen (secondary N) is 2. The Kier molecular flexibility index (Phi) is 7.41. The summed E-state index contributed by atoms with van der Waals surface area (Å²) in [6.07, 6.45) is -0.187. The normalized spacial score (nSPS) is 16.4. The molecule has 7 nitrogen and oxygen atoms in total. The maximum absolute atomic E-state index is 13.2. The number of fused-ring (bicyclic) bond motifs is 1. The minimum atomic E-state index is -0.762. The van der Waals surface area contributed by atoms with Crippen molar-refractivity contribution in [1.29, 1.82) is 0 Å². The Labute approximate surface area is 195 Å². The highest BCUT2D eigenvalue weighted by atomic mass is 16.6. The summed E-state index contributed by atoms with van der Waals surface area (Å²) in [5.74, 6) is -0.669. The van der Waals surface area contributed by atoms with Crippen LogP contribution in [0.15, 0.2) is 48.5 Å². The summed E-state index contributed by atoms with van der Waals surface area (Å²) in [5, 5.41) is 5.62. The number of aryl methyl sites for hydroxylation is 1. The topological polar surface area (TPSA) is 87.7 Å². The molecule has 1 heterocycles. The van der Waals surface area contributed by atoms with Crippen molar-refractivity contribution >= 4 is 17.9 Å². The van der Waals surface area contributed by atoms with Crippen LogP contribution >= 0.6 is 0 Å². The molecule has 0 saturated heterocycles. The van der Waals surface area contributed by atoms with Gasteiger partial charge in [0.15, 0.2) is 0 Å². The van der Waals surface area contributed by atoms with E-state index in [2.05, 4.69) is 10.6 Å². The van der Waals surface area contributed by atoms with Crippen LogP contribution in [0.2, 0.25) is 0 Å². The molecule has 33 heavy (non-hydrogen) atoms. The average Bonchev–Trinajstić information content (AvgIpc) is 2.76. The number of ether oxygens (including phenoxy) is 1. The van der Waals surface area contributed by atoms with Gasteiger partial charge in [-0.2, -0.15) is 0 Å². The standard InChI is InChI=1S/C26H33N3O4/c1-17-10-12-19(13-11-17)15-27-23(30)18(2)28-24(31)22-14-20-8-6-7-9-21(20)16-29(22)25(32)33-26(3,4)5/h6-13,18,22H,14-16H2,1-5H3,(H,27,30)(H,28,31). The summed E-state index contributed by atoms with van der Waals surface area (Å²) in [6, 6.07) is 14.1. The molecule has 1 aliphatic rings. The molecule has 0 spiro atoms. The van der Waals surface area contributed by atoms with Crippen LogP contribution in [0.3, 0.4) is 0 Å². The van der Waals surface area contributed by atoms with E-state index in [0.717, 1.165) is 22.3 Å². The molecule has 2 aromatic rings. The smallest absolute Gasteiger partial charge is 0.411 e. The molecular weight excluding hydrogens is 418 g/mol. The second-order valence-corrected chi connectivity index (χ2v) is 9.53. The minimum absolute atomic E-state index is 0.275. The van der Waals surface area contributed by atoms with Gasteiger partial charge in [0, 0.05) is 13.0 Å². The van der Waals surface area contributed by atoms with Crippen LogP contribution in [-0.2, 0) is 33.8 Å². The lowest BCUT2D eigenvalue weighted by atomic mass is 9.93. The van der Waals surface area contributed by atoms with E-state index in [9.17, 15) is 14.4 Å². The molecular formula is C26H33N3O4. The lowest BCUT2D eigenvalue weighted by molar-refractivity contribution is -0.132. The maximum atomic E-state index is 13.2. The third-order valence-electron chi connectivity index (χ3n) is 5.52. The Morgan fingerprint density at radius 1 is 1.06 bits per heavy atom. The molecule has 3 rings (SSSR count). The number of nitrogens with zero attached hydrogens (tertiary/aromatic N) is 1. The first kappa shape index (κ1) is 24.3. The van der Waals surface area contributed by atoms with Crippen LogP contribution in [-0.4, -0.2) is 40.5 Å². The van der Waals surface area contributed by atoms with Gasteiger partial charge in [0.2, 0.25) is 11.8 Å². The van der Waals surface area contributed by atoms with Crippen LogP contribution in [0.5, 0.6) is 0 Å². The first-order valence-electron chi connectivity index (χ1n) is 11.2. The molecule has 0 fully saturated rings. The van der Waals surface area contributed by atoms with Crippen LogP contribution in [0.1, 0.15) is 49.9 Å². The zero-order valence-corrected chi connectivity index (χ0v) is 20.0. The van der Waals surface area contributed by atoms with Gasteiger partial charge in [0.25, 0.3) is 0 Å². The van der Waals surface area contributed by atoms with Gasteiger partial charge in [-0.1, -0.05) is 54.1 Å². The molecule has 0 saturated carbocycles. The van der Waals surface area contributed by atoms with Crippen LogP contribution in [0.25, 0.3) is 0 Å². The number of rotatable bonds is 5. The molecule has 2 unspecified atom stereocenters. The fourth-order valence-electron chi connectivity index (χ4n) is 3.69. The number of amides is 3. The lowest BCUT2D eigenvalue weighted by Crippen LogP contribution is -2.56. The van der Waals surface area contributed by atoms with Crippen molar-refractivity contribution in [2.45, 2.75) is 71.8 Å². The molecule has 2 atom stereocenters. The highest BCUT2D eigenvalue weighted by Crippen LogP contribution is 2.25. The van der Waals surface area contributed by atoms with Gasteiger partial charge in [-0.15, -0.1) is 0 Å². The molecule has 0 aliphatic carbocycles. The minimum Gasteiger partial charge on any atom is -0.444 e. The number of hydrogen-bond donors (Lipinski definition) is 2. The maximum Gasteiger partial charge on any atom is 0.411 e. The molecule has 176 valence electrons. The second-order valence-electron chi connectivity index (χ2n) is 9.53. The first-order valence-corrected chi connectivity index (χ1v) is 11.2. The van der Waals surface area contributed by atoms with Crippen molar-refractivity contribution in [2.24, 2.45) is 0 Å². The predicted molar refractivity (Wildman–Crippen MR) is 126 cm³/mol. The van der Waals surface area contributed by atoms with Crippen molar-refractivity contribution < 1.29 is 19.1 Å². The SMILES string of the molecule is Cc1ccc(CNC(=O)C(C)NC(=O)C2Cc3ccccc3CN2C(=O)OC(C)(C)C)cc1. The molecule has 0 aromatic heterocycles. The summed E-state index contributed by atoms with van der Waals surface area (Å²) < 4.78 is 5.55. The third kappa shape index (κ3) is 6.57. The van der Waals surface area contributed by atoms with E-state index in [1.807, 2.05) is 55.5 Å². The first-order chi connectivity index (χ1) is 15.5. The van der Waals surface area contributed by atoms with E-state index in [1.165, 1.54) is 4.90 Å². The van der Waals surface area contributed by atoms with Gasteiger partial charge >= 0.3 is 6.09 Å². The zero-order chi connectivity index (χ0) is 24.2. The van der Waals surface area contributed by atoms with E-state index in [1.54, 1.807) is 27.7 Å². The van der Waals surface area contributed by atoms with Crippen molar-refractivity contribution in [3.8, 4) is 0 Å². The van der Waals surface area contributed by atoms with E-state index in [-0.39, 0.29) is 18.4 Å². The lowest BCUT2D eigenvalue weighted by Gasteiger charge is -2.37. The third-order valence-corrected chi connectivity index (χ3v) is 5.52. The summed E-state index contributed by atoms with van der Waals surface area (Å²) in [5.41, 5.74) is 3.44. The Morgan fingerprint density at radius 2 is 1.70 bits per heavy atom. The summed E-state index contributed by atoms with van der Waals surface area (Å²) in [6.45, 7) is 9.66. The number of carbonyl (C=O) groups excluding carboxylic acids is 3. The monoisotopic (exact) mass is 451 g/mol. The van der Waals surface area contributed by atoms with Gasteiger partial charge in [-0.3, -0.25) is 14.5 Å². The summed E-state index contributed by atoms with van der Waals surface area (Å²) in [4.78, 5) is 40.1. The molecule has 7 heteroatoms. The van der Waals surface area contributed by atoms with E-state index in [4.69, 9.17) is 4.74 Å². The zero-order valence-electron chi connectivity index (χ0n) is 20.0. The Hall–Kier alpha value is -3.35. The predicted octanol–water partition coefficient (Wildman–Crippen LogP) is 3.48. The number of hydrogen-bond acceptors (Lipinski definition) is 4. The fourth-order valence-corrected chi connectivity index (χ4v) is 3.69. The quantitative estimate of drug-likeness (QED) is 0.729. The number of carbonyl (C=O) groups is 3. The highest BCUT2D eigenvalue weighted by molar-refractivity contribution is 5.91. The molecule has 0 bridgehead atoms. The Balaban J connectivity index is 1.67. The van der Waals surface area contributed by atoms with Crippen molar-refractivity contribution in [3.63, 3.8) is 0 Å². The largest absolute Gasteiger partial charge is 0.444 e. The Morgan fingerprint density at radius 3 is 2.33 bits per heavy atom. The van der Waals surface area contributed by atoms with Crippen LogP contribution in [0.4, 0.5) is 4.79 Å². The summed E-state index contributed by atoms with van der Waals surface area (Å²) >= 11 is 0. The van der Waals surface area contributed by atoms with Crippen molar-refractivity contribution in [3.05, 3.63) is 70.8 Å². The van der Waals surface area contributed by atoms with Gasteiger partial charge in [-0.25, -0.2) is 4.79 Å². The van der Waals surface area contributed by atoms with E-state index in [0.29, 0.717) is 13.0 Å². The van der Waals surface area contributed by atoms with Gasteiger partial charge in [0.1, 0.15) is 17.7 Å². The van der Waals surface area contributed by atoms with E-state index < -0.39 is 23.8 Å².